The van der Waals surface area contributed by atoms with Crippen molar-refractivity contribution in [1.29, 1.82) is 0 Å². The lowest BCUT2D eigenvalue weighted by Crippen LogP contribution is -2.57. The number of rotatable bonds is 2. The van der Waals surface area contributed by atoms with Crippen molar-refractivity contribution >= 4 is 12.0 Å². The van der Waals surface area contributed by atoms with E-state index in [0.717, 1.165) is 27.7 Å². The number of amides is 2. The smallest absolute Gasteiger partial charge is 0.410 e. The van der Waals surface area contributed by atoms with Gasteiger partial charge in [-0.2, -0.15) is 0 Å². The fourth-order valence-electron chi connectivity index (χ4n) is 1.62. The van der Waals surface area contributed by atoms with Crippen LogP contribution in [0.3, 0.4) is 0 Å². The van der Waals surface area contributed by atoms with E-state index in [0.29, 0.717) is 0 Å². The van der Waals surface area contributed by atoms with E-state index in [9.17, 15) is 9.59 Å². The predicted molar refractivity (Wildman–Crippen MR) is 98.4 cm³/mol. The van der Waals surface area contributed by atoms with Gasteiger partial charge in [0, 0.05) is 76.5 Å². The minimum atomic E-state index is -4.79. The topological polar surface area (TPSA) is 53.1 Å². The molecule has 0 aromatic heterocycles. The van der Waals surface area contributed by atoms with Crippen LogP contribution in [0.5, 0.6) is 0 Å². The first-order chi connectivity index (χ1) is 20.1. The van der Waals surface area contributed by atoms with Crippen LogP contribution in [0.2, 0.25) is 0 Å². The minimum Gasteiger partial charge on any atom is -0.444 e. The zero-order valence-electron chi connectivity index (χ0n) is 36.1. The van der Waals surface area contributed by atoms with Gasteiger partial charge in [0.05, 0.1) is 4.11 Å². The first kappa shape index (κ1) is 5.60. The van der Waals surface area contributed by atoms with Crippen LogP contribution in [0.25, 0.3) is 0 Å². The summed E-state index contributed by atoms with van der Waals surface area (Å²) in [6, 6.07) is -5.81. The van der Waals surface area contributed by atoms with E-state index in [1.807, 2.05) is 0 Å². The molecule has 25 heavy (non-hydrogen) atoms. The Hall–Kier alpha value is -1.30. The quantitative estimate of drug-likeness (QED) is 0.744. The Balaban J connectivity index is 3.07. The van der Waals surface area contributed by atoms with Crippen LogP contribution in [0.4, 0.5) is 4.79 Å². The van der Waals surface area contributed by atoms with Gasteiger partial charge in [-0.15, -0.1) is 0 Å². The Morgan fingerprint density at radius 1 is 1.24 bits per heavy atom. The van der Waals surface area contributed by atoms with Gasteiger partial charge in [-0.1, -0.05) is 0 Å². The molecule has 2 aliphatic heterocycles. The highest BCUT2D eigenvalue weighted by Crippen LogP contribution is 2.24. The van der Waals surface area contributed by atoms with Crippen molar-refractivity contribution < 1.29 is 44.5 Å². The van der Waals surface area contributed by atoms with Crippen LogP contribution < -0.4 is 0 Å². The third-order valence-corrected chi connectivity index (χ3v) is 2.78. The van der Waals surface area contributed by atoms with Crippen LogP contribution in [0.15, 0.2) is 0 Å². The van der Waals surface area contributed by atoms with E-state index in [-0.39, 0.29) is 4.90 Å². The molecule has 1 atom stereocenters. The molecule has 6 nitrogen and oxygen atoms in total. The molecule has 0 aromatic rings. The number of likely N-dealkylation sites (tertiary alicyclic amines) is 1. The maximum absolute atomic E-state index is 14.4. The summed E-state index contributed by atoms with van der Waals surface area (Å²) in [7, 11) is 0. The lowest BCUT2D eigenvalue weighted by atomic mass is 9.94. The largest absolute Gasteiger partial charge is 0.444 e. The standard InChI is InChI=1S/C19H35N3O3/c1-14(2)21-11-12-22(15(3)13-21)17(23)16-7-9-20(10-8-16)18(24)25-19(4,5)6/h14-16H,7-13H2,1-6H3/t15-/m0/s1/i3D3,4D3,7D2,8D2,9D2,10D2,11D2,12D2,13D2,15D,16D. The zero-order valence-corrected chi connectivity index (χ0v) is 14.1. The number of carbonyl (C=O) groups is 2. The summed E-state index contributed by atoms with van der Waals surface area (Å²) < 4.78 is 188. The van der Waals surface area contributed by atoms with Crippen molar-refractivity contribution in [3.8, 4) is 0 Å². The molecule has 2 fully saturated rings. The third-order valence-electron chi connectivity index (χ3n) is 2.78. The van der Waals surface area contributed by atoms with E-state index >= 15 is 0 Å². The highest BCUT2D eigenvalue weighted by Gasteiger charge is 2.35. The summed E-state index contributed by atoms with van der Waals surface area (Å²) in [6.07, 6.45) is -11.6. The lowest BCUT2D eigenvalue weighted by Gasteiger charge is -2.43. The van der Waals surface area contributed by atoms with Crippen LogP contribution in [-0.4, -0.2) is 76.8 Å². The molecule has 0 bridgehead atoms. The molecular weight excluding hydrogens is 318 g/mol. The molecule has 6 heteroatoms. The van der Waals surface area contributed by atoms with Crippen molar-refractivity contribution in [2.75, 3.05) is 32.5 Å². The molecule has 2 aliphatic rings. The molecule has 0 aromatic carbocycles. The highest BCUT2D eigenvalue weighted by atomic mass is 16.6. The summed E-state index contributed by atoms with van der Waals surface area (Å²) in [4.78, 5) is 25.6. The zero-order chi connectivity index (χ0) is 38.2. The number of nitrogens with zero attached hydrogens (tertiary/aromatic N) is 3. The Morgan fingerprint density at radius 2 is 1.92 bits per heavy atom. The summed E-state index contributed by atoms with van der Waals surface area (Å²) in [5.74, 6) is -7.69. The second-order valence-electron chi connectivity index (χ2n) is 5.85. The van der Waals surface area contributed by atoms with Crippen molar-refractivity contribution in [3.05, 3.63) is 0 Å². The number of piperidine rings is 1. The molecular formula is C19H35N3O3. The van der Waals surface area contributed by atoms with Gasteiger partial charge in [0.15, 0.2) is 0 Å². The number of hydrogen-bond acceptors (Lipinski definition) is 4. The average molecular weight is 376 g/mol. The summed E-state index contributed by atoms with van der Waals surface area (Å²) in [5.41, 5.74) is -2.55. The van der Waals surface area contributed by atoms with Crippen LogP contribution in [0.1, 0.15) is 84.3 Å². The van der Waals surface area contributed by atoms with Crippen LogP contribution >= 0.6 is 0 Å². The minimum absolute atomic E-state index is 0.0348. The van der Waals surface area contributed by atoms with Gasteiger partial charge < -0.3 is 14.5 Å². The molecule has 0 aliphatic carbocycles. The van der Waals surface area contributed by atoms with Gasteiger partial charge >= 0.3 is 6.09 Å². The summed E-state index contributed by atoms with van der Waals surface area (Å²) in [5, 5.41) is 0. The van der Waals surface area contributed by atoms with E-state index in [4.69, 9.17) is 34.9 Å². The van der Waals surface area contributed by atoms with E-state index in [1.165, 1.54) is 0 Å². The SMILES string of the molecule is [2H]C([2H])([2H])C(C)(C)OC(=O)N1C([2H])([2H])C([2H])([2H])C([2H])(C(=O)N2C([2H])([2H])C([2H])([2H])N(C(C)C)C([2H])([2H])[C@]2([2H])C([2H])([2H])[2H])C([2H])([2H])C1([2H])[2H]. The number of carbonyl (C=O) groups excluding carboxylic acids is 2. The van der Waals surface area contributed by atoms with E-state index < -0.39 is 104 Å². The normalized spacial score (nSPS) is 56.2. The molecule has 2 saturated heterocycles. The van der Waals surface area contributed by atoms with Gasteiger partial charge in [0.2, 0.25) is 5.91 Å². The molecule has 144 valence electrons. The second kappa shape index (κ2) is 7.94. The number of ether oxygens (including phenoxy) is 1. The van der Waals surface area contributed by atoms with Gasteiger partial charge in [-0.05, 0) is 54.1 Å². The molecule has 2 amide bonds. The fraction of sp³-hybridized carbons (Fsp3) is 0.895. The third kappa shape index (κ3) is 5.33. The van der Waals surface area contributed by atoms with Crippen molar-refractivity contribution in [1.82, 2.24) is 14.7 Å². The first-order valence-electron chi connectivity index (χ1n) is 18.3. The Morgan fingerprint density at radius 3 is 2.48 bits per heavy atom. The Labute approximate surface area is 183 Å². The van der Waals surface area contributed by atoms with E-state index in [1.54, 1.807) is 0 Å². The van der Waals surface area contributed by atoms with Crippen LogP contribution in [-0.2, 0) is 9.53 Å². The number of piperazine rings is 1. The summed E-state index contributed by atoms with van der Waals surface area (Å²) in [6.45, 7) is -24.6. The van der Waals surface area contributed by atoms with E-state index in [2.05, 4.69) is 0 Å². The Kier molecular flexibility index (Phi) is 1.78. The van der Waals surface area contributed by atoms with Crippen molar-refractivity contribution in [2.45, 2.75) is 71.8 Å². The van der Waals surface area contributed by atoms with Crippen molar-refractivity contribution in [3.63, 3.8) is 0 Å². The maximum Gasteiger partial charge on any atom is 0.410 e. The summed E-state index contributed by atoms with van der Waals surface area (Å²) >= 11 is 0. The first-order valence-corrected chi connectivity index (χ1v) is 7.27. The molecule has 2 rings (SSSR count). The Bertz CT molecular complexity index is 1260. The molecule has 2 heterocycles. The highest BCUT2D eigenvalue weighted by molar-refractivity contribution is 5.80. The van der Waals surface area contributed by atoms with Gasteiger partial charge in [-0.3, -0.25) is 9.69 Å². The molecule has 0 radical (unpaired) electrons. The average Bonchev–Trinajstić information content (AvgIpc) is 2.78. The molecule has 0 saturated carbocycles. The molecule has 0 N–H and O–H groups in total. The maximum atomic E-state index is 14.4. The molecule has 0 spiro atoms. The van der Waals surface area contributed by atoms with Gasteiger partial charge in [0.25, 0.3) is 0 Å². The second-order valence-corrected chi connectivity index (χ2v) is 5.85. The fourth-order valence-corrected chi connectivity index (χ4v) is 1.62. The van der Waals surface area contributed by atoms with Gasteiger partial charge in [0.1, 0.15) is 5.60 Å². The predicted octanol–water partition coefficient (Wildman–Crippen LogP) is 2.57. The van der Waals surface area contributed by atoms with Crippen LogP contribution in [0, 0.1) is 5.89 Å². The van der Waals surface area contributed by atoms with Gasteiger partial charge in [-0.25, -0.2) is 4.79 Å². The lowest BCUT2D eigenvalue weighted by molar-refractivity contribution is -0.142. The number of hydrogen-bond donors (Lipinski definition) is 0. The van der Waals surface area contributed by atoms with Crippen molar-refractivity contribution in [2.24, 2.45) is 5.89 Å². The molecule has 0 unspecified atom stereocenters. The monoisotopic (exact) mass is 375 g/mol.